The molecule has 26 heavy (non-hydrogen) atoms. The lowest BCUT2D eigenvalue weighted by molar-refractivity contribution is 0.144. The SMILES string of the molecule is CCC1(CC)CC=C(c2ccccc2N2CCN(CCOC)CC2)CC1. The van der Waals surface area contributed by atoms with Gasteiger partial charge in [0.15, 0.2) is 0 Å². The molecular weight excluding hydrogens is 320 g/mol. The number of anilines is 1. The van der Waals surface area contributed by atoms with Gasteiger partial charge in [0.25, 0.3) is 0 Å². The van der Waals surface area contributed by atoms with Gasteiger partial charge in [0.05, 0.1) is 6.61 Å². The second-order valence-electron chi connectivity index (χ2n) is 7.98. The molecule has 1 fully saturated rings. The van der Waals surface area contributed by atoms with Gasteiger partial charge in [0.1, 0.15) is 0 Å². The summed E-state index contributed by atoms with van der Waals surface area (Å²) in [4.78, 5) is 5.10. The maximum absolute atomic E-state index is 5.23. The molecule has 1 saturated heterocycles. The van der Waals surface area contributed by atoms with Crippen LogP contribution in [0.25, 0.3) is 5.57 Å². The van der Waals surface area contributed by atoms with E-state index in [0.29, 0.717) is 5.41 Å². The number of benzene rings is 1. The van der Waals surface area contributed by atoms with E-state index in [9.17, 15) is 0 Å². The van der Waals surface area contributed by atoms with Crippen molar-refractivity contribution in [2.45, 2.75) is 46.0 Å². The van der Waals surface area contributed by atoms with Crippen molar-refractivity contribution < 1.29 is 4.74 Å². The fourth-order valence-electron chi connectivity index (χ4n) is 4.53. The molecule has 0 atom stereocenters. The number of rotatable bonds is 7. The van der Waals surface area contributed by atoms with Gasteiger partial charge in [-0.1, -0.05) is 51.0 Å². The van der Waals surface area contributed by atoms with Crippen LogP contribution in [0.4, 0.5) is 5.69 Å². The molecule has 0 bridgehead atoms. The summed E-state index contributed by atoms with van der Waals surface area (Å²) in [6.07, 6.45) is 8.97. The summed E-state index contributed by atoms with van der Waals surface area (Å²) < 4.78 is 5.23. The van der Waals surface area contributed by atoms with Crippen molar-refractivity contribution >= 4 is 11.3 Å². The summed E-state index contributed by atoms with van der Waals surface area (Å²) in [5.41, 5.74) is 5.02. The lowest BCUT2D eigenvalue weighted by Crippen LogP contribution is -2.47. The van der Waals surface area contributed by atoms with E-state index >= 15 is 0 Å². The van der Waals surface area contributed by atoms with Crippen LogP contribution in [0.5, 0.6) is 0 Å². The van der Waals surface area contributed by atoms with Gasteiger partial charge < -0.3 is 9.64 Å². The highest BCUT2D eigenvalue weighted by Crippen LogP contribution is 2.44. The molecule has 0 N–H and O–H groups in total. The van der Waals surface area contributed by atoms with Crippen LogP contribution >= 0.6 is 0 Å². The van der Waals surface area contributed by atoms with Gasteiger partial charge in [0, 0.05) is 51.1 Å². The Morgan fingerprint density at radius 2 is 1.77 bits per heavy atom. The minimum Gasteiger partial charge on any atom is -0.383 e. The predicted molar refractivity (Wildman–Crippen MR) is 112 cm³/mol. The van der Waals surface area contributed by atoms with Crippen LogP contribution in [0.3, 0.4) is 0 Å². The van der Waals surface area contributed by atoms with Gasteiger partial charge >= 0.3 is 0 Å². The van der Waals surface area contributed by atoms with E-state index in [4.69, 9.17) is 4.74 Å². The van der Waals surface area contributed by atoms with Crippen molar-refractivity contribution in [1.29, 1.82) is 0 Å². The molecule has 0 radical (unpaired) electrons. The number of piperazine rings is 1. The summed E-state index contributed by atoms with van der Waals surface area (Å²) in [7, 11) is 1.79. The number of hydrogen-bond donors (Lipinski definition) is 0. The lowest BCUT2D eigenvalue weighted by Gasteiger charge is -2.38. The molecule has 3 heteroatoms. The fourth-order valence-corrected chi connectivity index (χ4v) is 4.53. The Hall–Kier alpha value is -1.32. The Bertz CT molecular complexity index is 598. The fraction of sp³-hybridized carbons (Fsp3) is 0.652. The summed E-state index contributed by atoms with van der Waals surface area (Å²) in [6, 6.07) is 9.06. The van der Waals surface area contributed by atoms with Gasteiger partial charge in [-0.05, 0) is 36.3 Å². The third-order valence-electron chi connectivity index (χ3n) is 6.78. The van der Waals surface area contributed by atoms with Crippen LogP contribution in [0.15, 0.2) is 30.3 Å². The van der Waals surface area contributed by atoms with E-state index in [0.717, 1.165) is 39.3 Å². The van der Waals surface area contributed by atoms with Crippen LogP contribution in [-0.2, 0) is 4.74 Å². The highest BCUT2D eigenvalue weighted by molar-refractivity contribution is 5.77. The number of methoxy groups -OCH3 is 1. The molecule has 0 aromatic heterocycles. The normalized spacial score (nSPS) is 20.9. The Labute approximate surface area is 160 Å². The molecule has 2 aliphatic rings. The summed E-state index contributed by atoms with van der Waals surface area (Å²) in [6.45, 7) is 11.1. The van der Waals surface area contributed by atoms with Crippen molar-refractivity contribution in [2.75, 3.05) is 51.3 Å². The zero-order chi connectivity index (χ0) is 18.4. The second-order valence-corrected chi connectivity index (χ2v) is 7.98. The Morgan fingerprint density at radius 1 is 1.04 bits per heavy atom. The topological polar surface area (TPSA) is 15.7 Å². The Balaban J connectivity index is 1.71. The lowest BCUT2D eigenvalue weighted by atomic mass is 9.70. The number of para-hydroxylation sites is 1. The maximum Gasteiger partial charge on any atom is 0.0589 e. The predicted octanol–water partition coefficient (Wildman–Crippen LogP) is 4.83. The Morgan fingerprint density at radius 3 is 2.38 bits per heavy atom. The average molecular weight is 357 g/mol. The van der Waals surface area contributed by atoms with E-state index < -0.39 is 0 Å². The van der Waals surface area contributed by atoms with Crippen LogP contribution in [0.2, 0.25) is 0 Å². The number of nitrogens with zero attached hydrogens (tertiary/aromatic N) is 2. The summed E-state index contributed by atoms with van der Waals surface area (Å²) in [5, 5.41) is 0. The van der Waals surface area contributed by atoms with Crippen LogP contribution in [0, 0.1) is 5.41 Å². The molecule has 0 spiro atoms. The van der Waals surface area contributed by atoms with Crippen molar-refractivity contribution in [3.8, 4) is 0 Å². The molecule has 3 nitrogen and oxygen atoms in total. The maximum atomic E-state index is 5.23. The second kappa shape index (κ2) is 9.05. The van der Waals surface area contributed by atoms with E-state index in [-0.39, 0.29) is 0 Å². The monoisotopic (exact) mass is 356 g/mol. The molecular formula is C23H36N2O. The van der Waals surface area contributed by atoms with Crippen molar-refractivity contribution in [1.82, 2.24) is 4.90 Å². The zero-order valence-corrected chi connectivity index (χ0v) is 17.0. The Kier molecular flexibility index (Phi) is 6.77. The van der Waals surface area contributed by atoms with E-state index in [2.05, 4.69) is 54.0 Å². The average Bonchev–Trinajstić information content (AvgIpc) is 2.73. The van der Waals surface area contributed by atoms with Gasteiger partial charge in [-0.3, -0.25) is 4.90 Å². The number of hydrogen-bond acceptors (Lipinski definition) is 3. The first-order valence-corrected chi connectivity index (χ1v) is 10.5. The van der Waals surface area contributed by atoms with Crippen LogP contribution in [-0.4, -0.2) is 51.3 Å². The standard InChI is InChI=1S/C23H36N2O/c1-4-23(5-2)12-10-20(11-13-23)21-8-6-7-9-22(21)25-16-14-24(15-17-25)18-19-26-3/h6-10H,4-5,11-19H2,1-3H3. The molecule has 0 amide bonds. The first-order chi connectivity index (χ1) is 12.7. The minimum absolute atomic E-state index is 0.547. The highest BCUT2D eigenvalue weighted by atomic mass is 16.5. The smallest absolute Gasteiger partial charge is 0.0589 e. The van der Waals surface area contributed by atoms with E-state index in [1.807, 2.05) is 0 Å². The molecule has 0 unspecified atom stereocenters. The van der Waals surface area contributed by atoms with Crippen molar-refractivity contribution in [3.05, 3.63) is 35.9 Å². The largest absolute Gasteiger partial charge is 0.383 e. The number of allylic oxidation sites excluding steroid dienone is 2. The van der Waals surface area contributed by atoms with Gasteiger partial charge in [-0.15, -0.1) is 0 Å². The zero-order valence-electron chi connectivity index (χ0n) is 17.0. The third kappa shape index (κ3) is 4.32. The quantitative estimate of drug-likeness (QED) is 0.696. The molecule has 1 aliphatic carbocycles. The highest BCUT2D eigenvalue weighted by Gasteiger charge is 2.29. The molecule has 0 saturated carbocycles. The van der Waals surface area contributed by atoms with Gasteiger partial charge in [0.2, 0.25) is 0 Å². The van der Waals surface area contributed by atoms with E-state index in [1.54, 1.807) is 12.7 Å². The number of ether oxygens (including phenoxy) is 1. The summed E-state index contributed by atoms with van der Waals surface area (Å²) in [5.74, 6) is 0. The van der Waals surface area contributed by atoms with Gasteiger partial charge in [-0.2, -0.15) is 0 Å². The van der Waals surface area contributed by atoms with Crippen molar-refractivity contribution in [2.24, 2.45) is 5.41 Å². The van der Waals surface area contributed by atoms with Crippen molar-refractivity contribution in [3.63, 3.8) is 0 Å². The van der Waals surface area contributed by atoms with E-state index in [1.165, 1.54) is 43.4 Å². The first-order valence-electron chi connectivity index (χ1n) is 10.5. The first kappa shape index (κ1) is 19.4. The van der Waals surface area contributed by atoms with Crippen LogP contribution < -0.4 is 4.90 Å². The summed E-state index contributed by atoms with van der Waals surface area (Å²) >= 11 is 0. The molecule has 1 aliphatic heterocycles. The van der Waals surface area contributed by atoms with Gasteiger partial charge in [-0.25, -0.2) is 0 Å². The van der Waals surface area contributed by atoms with Crippen LogP contribution in [0.1, 0.15) is 51.5 Å². The molecule has 1 aromatic rings. The minimum atomic E-state index is 0.547. The molecule has 1 aromatic carbocycles. The molecule has 144 valence electrons. The molecule has 1 heterocycles. The molecule has 3 rings (SSSR count). The third-order valence-corrected chi connectivity index (χ3v) is 6.78.